The average molecular weight is 219 g/mol. The Hall–Kier alpha value is -1.55. The average Bonchev–Trinajstić information content (AvgIpc) is 2.73. The molecule has 0 bridgehead atoms. The van der Waals surface area contributed by atoms with Gasteiger partial charge >= 0.3 is 0 Å². The van der Waals surface area contributed by atoms with E-state index in [0.29, 0.717) is 0 Å². The topological polar surface area (TPSA) is 50.9 Å². The molecule has 3 nitrogen and oxygen atoms in total. The predicted octanol–water partition coefficient (Wildman–Crippen LogP) is 2.65. The molecule has 0 saturated heterocycles. The van der Waals surface area contributed by atoms with Crippen molar-refractivity contribution in [2.75, 3.05) is 11.1 Å². The molecule has 0 aliphatic carbocycles. The lowest BCUT2D eigenvalue weighted by atomic mass is 10.2. The third-order valence-corrected chi connectivity index (χ3v) is 2.98. The van der Waals surface area contributed by atoms with E-state index >= 15 is 0 Å². The summed E-state index contributed by atoms with van der Waals surface area (Å²) in [4.78, 5) is 4.20. The van der Waals surface area contributed by atoms with Gasteiger partial charge in [0, 0.05) is 23.0 Å². The van der Waals surface area contributed by atoms with Crippen LogP contribution in [0.25, 0.3) is 0 Å². The zero-order valence-electron chi connectivity index (χ0n) is 8.53. The van der Waals surface area contributed by atoms with Gasteiger partial charge in [0.05, 0.1) is 6.54 Å². The Labute approximate surface area is 93.0 Å². The molecule has 1 aromatic heterocycles. The number of nitrogens with one attached hydrogen (secondary N) is 1. The maximum Gasteiger partial charge on any atom is 0.112 e. The molecule has 0 aliphatic heterocycles. The minimum atomic E-state index is 0.765. The molecule has 4 heteroatoms. The molecule has 0 radical (unpaired) electrons. The van der Waals surface area contributed by atoms with Crippen LogP contribution in [0.2, 0.25) is 0 Å². The van der Waals surface area contributed by atoms with Crippen LogP contribution in [-0.4, -0.2) is 4.98 Å². The zero-order valence-corrected chi connectivity index (χ0v) is 9.34. The highest BCUT2D eigenvalue weighted by Gasteiger charge is 1.98. The molecule has 15 heavy (non-hydrogen) atoms. The maximum atomic E-state index is 5.74. The molecule has 0 atom stereocenters. The summed E-state index contributed by atoms with van der Waals surface area (Å²) in [5, 5.41) is 6.37. The third-order valence-electron chi connectivity index (χ3n) is 2.20. The smallest absolute Gasteiger partial charge is 0.112 e. The summed E-state index contributed by atoms with van der Waals surface area (Å²) in [6.07, 6.45) is 1.82. The van der Waals surface area contributed by atoms with Gasteiger partial charge in [0.15, 0.2) is 0 Å². The Kier molecular flexibility index (Phi) is 2.87. The van der Waals surface area contributed by atoms with Crippen molar-refractivity contribution in [1.29, 1.82) is 0 Å². The van der Waals surface area contributed by atoms with E-state index in [1.165, 1.54) is 0 Å². The lowest BCUT2D eigenvalue weighted by Crippen LogP contribution is -1.99. The number of aromatic nitrogens is 1. The van der Waals surface area contributed by atoms with Gasteiger partial charge in [-0.3, -0.25) is 0 Å². The van der Waals surface area contributed by atoms with E-state index in [0.717, 1.165) is 28.5 Å². The van der Waals surface area contributed by atoms with Gasteiger partial charge in [0.2, 0.25) is 0 Å². The van der Waals surface area contributed by atoms with Gasteiger partial charge in [-0.05, 0) is 30.7 Å². The first kappa shape index (κ1) is 9.98. The number of benzene rings is 1. The molecule has 0 aliphatic rings. The van der Waals surface area contributed by atoms with E-state index in [1.54, 1.807) is 11.3 Å². The summed E-state index contributed by atoms with van der Waals surface area (Å²) in [5.74, 6) is 0. The van der Waals surface area contributed by atoms with Crippen molar-refractivity contribution in [2.45, 2.75) is 13.5 Å². The lowest BCUT2D eigenvalue weighted by Gasteiger charge is -2.06. The number of aryl methyl sites for hydroxylation is 1. The van der Waals surface area contributed by atoms with Gasteiger partial charge in [0.25, 0.3) is 0 Å². The molecule has 0 unspecified atom stereocenters. The van der Waals surface area contributed by atoms with Crippen molar-refractivity contribution in [2.24, 2.45) is 0 Å². The quantitative estimate of drug-likeness (QED) is 0.780. The summed E-state index contributed by atoms with van der Waals surface area (Å²) in [6, 6.07) is 5.94. The fraction of sp³-hybridized carbons (Fsp3) is 0.182. The van der Waals surface area contributed by atoms with Crippen molar-refractivity contribution in [1.82, 2.24) is 4.98 Å². The van der Waals surface area contributed by atoms with Crippen molar-refractivity contribution in [3.05, 3.63) is 40.3 Å². The Morgan fingerprint density at radius 1 is 1.47 bits per heavy atom. The Balaban J connectivity index is 2.02. The monoisotopic (exact) mass is 219 g/mol. The second-order valence-electron chi connectivity index (χ2n) is 3.35. The van der Waals surface area contributed by atoms with E-state index in [2.05, 4.69) is 10.3 Å². The van der Waals surface area contributed by atoms with Gasteiger partial charge in [-0.2, -0.15) is 0 Å². The van der Waals surface area contributed by atoms with E-state index in [-0.39, 0.29) is 0 Å². The fourth-order valence-corrected chi connectivity index (χ4v) is 1.86. The van der Waals surface area contributed by atoms with E-state index in [9.17, 15) is 0 Å². The highest BCUT2D eigenvalue weighted by atomic mass is 32.1. The molecule has 0 saturated carbocycles. The second kappa shape index (κ2) is 4.31. The van der Waals surface area contributed by atoms with Crippen LogP contribution < -0.4 is 11.1 Å². The summed E-state index contributed by atoms with van der Waals surface area (Å²) >= 11 is 1.65. The highest BCUT2D eigenvalue weighted by molar-refractivity contribution is 7.09. The molecule has 1 heterocycles. The van der Waals surface area contributed by atoms with Crippen LogP contribution in [0.1, 0.15) is 10.6 Å². The predicted molar refractivity (Wildman–Crippen MR) is 65.0 cm³/mol. The summed E-state index contributed by atoms with van der Waals surface area (Å²) in [7, 11) is 0. The number of rotatable bonds is 3. The van der Waals surface area contributed by atoms with Crippen LogP contribution in [0.15, 0.2) is 29.8 Å². The van der Waals surface area contributed by atoms with Crippen molar-refractivity contribution >= 4 is 22.7 Å². The number of nitrogens with two attached hydrogens (primary N) is 1. The van der Waals surface area contributed by atoms with Gasteiger partial charge in [-0.25, -0.2) is 4.98 Å². The van der Waals surface area contributed by atoms with Crippen LogP contribution in [0.3, 0.4) is 0 Å². The molecule has 0 spiro atoms. The minimum absolute atomic E-state index is 0.765. The summed E-state index contributed by atoms with van der Waals surface area (Å²) in [5.41, 5.74) is 8.75. The van der Waals surface area contributed by atoms with Crippen LogP contribution in [0.5, 0.6) is 0 Å². The van der Waals surface area contributed by atoms with Gasteiger partial charge in [-0.15, -0.1) is 11.3 Å². The fourth-order valence-electron chi connectivity index (χ4n) is 1.30. The molecular formula is C11H13N3S. The van der Waals surface area contributed by atoms with Crippen molar-refractivity contribution in [3.63, 3.8) is 0 Å². The second-order valence-corrected chi connectivity index (χ2v) is 4.33. The maximum absolute atomic E-state index is 5.74. The van der Waals surface area contributed by atoms with Gasteiger partial charge in [0.1, 0.15) is 5.01 Å². The third kappa shape index (κ3) is 2.47. The van der Waals surface area contributed by atoms with Crippen molar-refractivity contribution in [3.8, 4) is 0 Å². The zero-order chi connectivity index (χ0) is 10.7. The number of nitrogens with zero attached hydrogens (tertiary/aromatic N) is 1. The van der Waals surface area contributed by atoms with Crippen LogP contribution >= 0.6 is 11.3 Å². The first-order chi connectivity index (χ1) is 7.25. The van der Waals surface area contributed by atoms with Crippen LogP contribution in [-0.2, 0) is 6.54 Å². The normalized spacial score (nSPS) is 10.2. The number of thiazole rings is 1. The number of nitrogen functional groups attached to an aromatic ring is 1. The Morgan fingerprint density at radius 2 is 2.33 bits per heavy atom. The van der Waals surface area contributed by atoms with Gasteiger partial charge in [-0.1, -0.05) is 0 Å². The van der Waals surface area contributed by atoms with Crippen LogP contribution in [0.4, 0.5) is 11.4 Å². The van der Waals surface area contributed by atoms with Crippen molar-refractivity contribution < 1.29 is 0 Å². The number of anilines is 2. The van der Waals surface area contributed by atoms with E-state index < -0.39 is 0 Å². The molecule has 3 N–H and O–H groups in total. The molecule has 0 amide bonds. The first-order valence-electron chi connectivity index (χ1n) is 4.74. The highest BCUT2D eigenvalue weighted by Crippen LogP contribution is 2.17. The molecule has 0 fully saturated rings. The molecule has 2 rings (SSSR count). The standard InChI is InChI=1S/C11H13N3S/c1-8-6-9(2-3-10(8)12)14-7-11-13-4-5-15-11/h2-6,14H,7,12H2,1H3. The summed E-state index contributed by atoms with van der Waals surface area (Å²) in [6.45, 7) is 2.77. The Morgan fingerprint density at radius 3 is 3.00 bits per heavy atom. The molecule has 1 aromatic carbocycles. The van der Waals surface area contributed by atoms with E-state index in [1.807, 2.05) is 36.7 Å². The van der Waals surface area contributed by atoms with Crippen LogP contribution in [0, 0.1) is 6.92 Å². The van der Waals surface area contributed by atoms with E-state index in [4.69, 9.17) is 5.73 Å². The molecule has 78 valence electrons. The SMILES string of the molecule is Cc1cc(NCc2nccs2)ccc1N. The first-order valence-corrected chi connectivity index (χ1v) is 5.62. The minimum Gasteiger partial charge on any atom is -0.399 e. The number of hydrogen-bond acceptors (Lipinski definition) is 4. The molecular weight excluding hydrogens is 206 g/mol. The Bertz CT molecular complexity index is 437. The largest absolute Gasteiger partial charge is 0.399 e. The lowest BCUT2D eigenvalue weighted by molar-refractivity contribution is 1.10. The number of hydrogen-bond donors (Lipinski definition) is 2. The molecule has 2 aromatic rings. The van der Waals surface area contributed by atoms with Gasteiger partial charge < -0.3 is 11.1 Å². The summed E-state index contributed by atoms with van der Waals surface area (Å²) < 4.78 is 0.